The normalized spacial score (nSPS) is 13.0. The fraction of sp³-hybridized carbons (Fsp3) is 0.857. The summed E-state index contributed by atoms with van der Waals surface area (Å²) in [6.07, 6.45) is 9.48. The van der Waals surface area contributed by atoms with E-state index in [2.05, 4.69) is 25.5 Å². The first-order valence-corrected chi connectivity index (χ1v) is 6.74. The zero-order valence-corrected chi connectivity index (χ0v) is 11.3. The van der Waals surface area contributed by atoms with Gasteiger partial charge in [0.25, 0.3) is 0 Å². The predicted molar refractivity (Wildman–Crippen MR) is 73.6 cm³/mol. The van der Waals surface area contributed by atoms with Gasteiger partial charge in [-0.1, -0.05) is 19.4 Å². The summed E-state index contributed by atoms with van der Waals surface area (Å²) in [5.74, 6) is 0.839. The largest absolute Gasteiger partial charge is 0.330 e. The third-order valence-corrected chi connectivity index (χ3v) is 3.25. The summed E-state index contributed by atoms with van der Waals surface area (Å²) in [6, 6.07) is 0. The molecule has 2 heteroatoms. The zero-order chi connectivity index (χ0) is 12.2. The molecule has 0 saturated carbocycles. The van der Waals surface area contributed by atoms with Crippen LogP contribution in [0, 0.1) is 5.92 Å². The molecule has 0 radical (unpaired) electrons. The van der Waals surface area contributed by atoms with Crippen LogP contribution in [0.3, 0.4) is 0 Å². The lowest BCUT2D eigenvalue weighted by molar-refractivity contribution is 0.304. The van der Waals surface area contributed by atoms with Crippen LogP contribution in [0.5, 0.6) is 0 Å². The van der Waals surface area contributed by atoms with Gasteiger partial charge in [0.1, 0.15) is 0 Å². The molecule has 0 bridgehead atoms. The van der Waals surface area contributed by atoms with Crippen LogP contribution in [0.2, 0.25) is 0 Å². The lowest BCUT2D eigenvalue weighted by atomic mass is 9.96. The van der Waals surface area contributed by atoms with Crippen molar-refractivity contribution in [3.63, 3.8) is 0 Å². The van der Waals surface area contributed by atoms with Crippen LogP contribution in [-0.4, -0.2) is 31.6 Å². The Hall–Kier alpha value is -0.340. The van der Waals surface area contributed by atoms with Gasteiger partial charge in [-0.3, -0.25) is 0 Å². The SMILES string of the molecule is C=CCCCN(C)CCCC(CC)CCN. The predicted octanol–water partition coefficient (Wildman–Crippen LogP) is 3.04. The van der Waals surface area contributed by atoms with Gasteiger partial charge in [-0.2, -0.15) is 0 Å². The van der Waals surface area contributed by atoms with E-state index in [0.717, 1.165) is 18.9 Å². The highest BCUT2D eigenvalue weighted by Crippen LogP contribution is 2.14. The van der Waals surface area contributed by atoms with E-state index in [0.29, 0.717) is 0 Å². The summed E-state index contributed by atoms with van der Waals surface area (Å²) in [4.78, 5) is 2.43. The number of allylic oxidation sites excluding steroid dienone is 1. The molecule has 0 rings (SSSR count). The van der Waals surface area contributed by atoms with Gasteiger partial charge in [0, 0.05) is 0 Å². The maximum Gasteiger partial charge on any atom is -0.00188 e. The molecule has 2 nitrogen and oxygen atoms in total. The van der Waals surface area contributed by atoms with Crippen molar-refractivity contribution >= 4 is 0 Å². The molecule has 2 N–H and O–H groups in total. The second-order valence-corrected chi connectivity index (χ2v) is 4.73. The number of hydrogen-bond donors (Lipinski definition) is 1. The van der Waals surface area contributed by atoms with E-state index in [9.17, 15) is 0 Å². The standard InChI is InChI=1S/C14H30N2/c1-4-6-7-12-16(3)13-8-9-14(5-2)10-11-15/h4,14H,1,5-13,15H2,2-3H3. The highest BCUT2D eigenvalue weighted by Gasteiger charge is 2.05. The van der Waals surface area contributed by atoms with Crippen LogP contribution in [0.25, 0.3) is 0 Å². The number of unbranched alkanes of at least 4 members (excludes halogenated alkanes) is 1. The van der Waals surface area contributed by atoms with Crippen molar-refractivity contribution in [1.82, 2.24) is 4.90 Å². The molecule has 0 aromatic rings. The number of nitrogens with two attached hydrogens (primary N) is 1. The fourth-order valence-corrected chi connectivity index (χ4v) is 2.06. The molecule has 0 spiro atoms. The van der Waals surface area contributed by atoms with Crippen molar-refractivity contribution < 1.29 is 0 Å². The third kappa shape index (κ3) is 8.93. The molecule has 0 aromatic heterocycles. The highest BCUT2D eigenvalue weighted by atomic mass is 15.1. The van der Waals surface area contributed by atoms with E-state index in [-0.39, 0.29) is 0 Å². The van der Waals surface area contributed by atoms with Crippen molar-refractivity contribution in [2.75, 3.05) is 26.7 Å². The van der Waals surface area contributed by atoms with Gasteiger partial charge in [-0.25, -0.2) is 0 Å². The molecular formula is C14H30N2. The van der Waals surface area contributed by atoms with Crippen molar-refractivity contribution in [2.24, 2.45) is 11.7 Å². The number of hydrogen-bond acceptors (Lipinski definition) is 2. The first-order chi connectivity index (χ1) is 7.74. The molecule has 0 aliphatic rings. The minimum absolute atomic E-state index is 0.839. The Morgan fingerprint density at radius 1 is 1.25 bits per heavy atom. The van der Waals surface area contributed by atoms with Gasteiger partial charge >= 0.3 is 0 Å². The van der Waals surface area contributed by atoms with E-state index < -0.39 is 0 Å². The third-order valence-electron chi connectivity index (χ3n) is 3.25. The Kier molecular flexibility index (Phi) is 10.9. The minimum atomic E-state index is 0.839. The fourth-order valence-electron chi connectivity index (χ4n) is 2.06. The smallest absolute Gasteiger partial charge is 0.00188 e. The topological polar surface area (TPSA) is 29.3 Å². The second kappa shape index (κ2) is 11.2. The maximum absolute atomic E-state index is 5.60. The van der Waals surface area contributed by atoms with E-state index >= 15 is 0 Å². The van der Waals surface area contributed by atoms with Crippen LogP contribution in [0.4, 0.5) is 0 Å². The molecule has 96 valence electrons. The molecule has 1 unspecified atom stereocenters. The maximum atomic E-state index is 5.60. The summed E-state index contributed by atoms with van der Waals surface area (Å²) in [5.41, 5.74) is 5.60. The lowest BCUT2D eigenvalue weighted by Gasteiger charge is -2.18. The van der Waals surface area contributed by atoms with Crippen molar-refractivity contribution in [2.45, 2.75) is 45.4 Å². The van der Waals surface area contributed by atoms with E-state index in [1.165, 1.54) is 45.2 Å². The van der Waals surface area contributed by atoms with Crippen molar-refractivity contribution in [3.8, 4) is 0 Å². The number of nitrogens with zero attached hydrogens (tertiary/aromatic N) is 1. The van der Waals surface area contributed by atoms with Gasteiger partial charge in [-0.05, 0) is 64.7 Å². The molecule has 0 heterocycles. The van der Waals surface area contributed by atoms with E-state index in [1.807, 2.05) is 6.08 Å². The Morgan fingerprint density at radius 2 is 1.94 bits per heavy atom. The average Bonchev–Trinajstić information content (AvgIpc) is 2.28. The average molecular weight is 226 g/mol. The van der Waals surface area contributed by atoms with Crippen LogP contribution >= 0.6 is 0 Å². The van der Waals surface area contributed by atoms with Crippen molar-refractivity contribution in [3.05, 3.63) is 12.7 Å². The van der Waals surface area contributed by atoms with Gasteiger partial charge in [0.15, 0.2) is 0 Å². The van der Waals surface area contributed by atoms with Crippen LogP contribution in [-0.2, 0) is 0 Å². The zero-order valence-electron chi connectivity index (χ0n) is 11.3. The summed E-state index contributed by atoms with van der Waals surface area (Å²) in [5, 5.41) is 0. The van der Waals surface area contributed by atoms with E-state index in [4.69, 9.17) is 5.73 Å². The molecular weight excluding hydrogens is 196 g/mol. The molecule has 16 heavy (non-hydrogen) atoms. The summed E-state index contributed by atoms with van der Waals surface area (Å²) >= 11 is 0. The Morgan fingerprint density at radius 3 is 2.50 bits per heavy atom. The summed E-state index contributed by atoms with van der Waals surface area (Å²) in [7, 11) is 2.22. The second-order valence-electron chi connectivity index (χ2n) is 4.73. The molecule has 0 aromatic carbocycles. The monoisotopic (exact) mass is 226 g/mol. The van der Waals surface area contributed by atoms with Gasteiger partial charge in [0.05, 0.1) is 0 Å². The molecule has 1 atom stereocenters. The lowest BCUT2D eigenvalue weighted by Crippen LogP contribution is -2.21. The molecule has 0 fully saturated rings. The highest BCUT2D eigenvalue weighted by molar-refractivity contribution is 4.67. The summed E-state index contributed by atoms with van der Waals surface area (Å²) in [6.45, 7) is 9.27. The van der Waals surface area contributed by atoms with Gasteiger partial charge in [-0.15, -0.1) is 6.58 Å². The molecule has 0 amide bonds. The van der Waals surface area contributed by atoms with Crippen LogP contribution in [0.1, 0.15) is 45.4 Å². The van der Waals surface area contributed by atoms with Gasteiger partial charge < -0.3 is 10.6 Å². The Bertz CT molecular complexity index is 157. The van der Waals surface area contributed by atoms with Gasteiger partial charge in [0.2, 0.25) is 0 Å². The van der Waals surface area contributed by atoms with Crippen LogP contribution in [0.15, 0.2) is 12.7 Å². The number of rotatable bonds is 11. The first kappa shape index (κ1) is 15.7. The van der Waals surface area contributed by atoms with Crippen molar-refractivity contribution in [1.29, 1.82) is 0 Å². The molecule has 0 aliphatic carbocycles. The summed E-state index contributed by atoms with van der Waals surface area (Å²) < 4.78 is 0. The van der Waals surface area contributed by atoms with E-state index in [1.54, 1.807) is 0 Å². The molecule has 0 aliphatic heterocycles. The molecule has 0 saturated heterocycles. The first-order valence-electron chi connectivity index (χ1n) is 6.74. The van der Waals surface area contributed by atoms with Crippen LogP contribution < -0.4 is 5.73 Å². The quantitative estimate of drug-likeness (QED) is 0.433. The Balaban J connectivity index is 3.43. The minimum Gasteiger partial charge on any atom is -0.330 e. The Labute approximate surface area is 102 Å².